The monoisotopic (exact) mass is 252 g/mol. The molecule has 1 fully saturated rings. The molecule has 0 spiro atoms. The lowest BCUT2D eigenvalue weighted by molar-refractivity contribution is -0.119. The van der Waals surface area contributed by atoms with Crippen molar-refractivity contribution in [3.63, 3.8) is 0 Å². The SMILES string of the molecule is CN(C(=O)C1CSC(=O)N1)c1cccc(O)c1. The molecule has 6 heteroatoms. The first kappa shape index (κ1) is 11.8. The van der Waals surface area contributed by atoms with Crippen LogP contribution in [-0.2, 0) is 4.79 Å². The molecule has 1 unspecified atom stereocenters. The number of aromatic hydroxyl groups is 1. The van der Waals surface area contributed by atoms with Gasteiger partial charge in [0, 0.05) is 24.6 Å². The highest BCUT2D eigenvalue weighted by Gasteiger charge is 2.30. The van der Waals surface area contributed by atoms with Crippen molar-refractivity contribution in [1.29, 1.82) is 0 Å². The molecule has 2 N–H and O–H groups in total. The second-order valence-corrected chi connectivity index (χ2v) is 4.71. The third-order valence-electron chi connectivity index (χ3n) is 2.52. The van der Waals surface area contributed by atoms with E-state index in [1.165, 1.54) is 17.0 Å². The summed E-state index contributed by atoms with van der Waals surface area (Å²) in [5.41, 5.74) is 0.598. The minimum atomic E-state index is -0.486. The number of hydrogen-bond acceptors (Lipinski definition) is 4. The summed E-state index contributed by atoms with van der Waals surface area (Å²) >= 11 is 1.10. The van der Waals surface area contributed by atoms with E-state index in [-0.39, 0.29) is 16.9 Å². The molecule has 1 aromatic rings. The number of anilines is 1. The molecule has 1 saturated heterocycles. The number of benzene rings is 1. The summed E-state index contributed by atoms with van der Waals surface area (Å²) in [7, 11) is 1.62. The molecule has 5 nitrogen and oxygen atoms in total. The van der Waals surface area contributed by atoms with Crippen LogP contribution in [0.25, 0.3) is 0 Å². The average molecular weight is 252 g/mol. The van der Waals surface area contributed by atoms with Crippen molar-refractivity contribution in [2.75, 3.05) is 17.7 Å². The predicted octanol–water partition coefficient (Wildman–Crippen LogP) is 1.18. The number of rotatable bonds is 2. The van der Waals surface area contributed by atoms with Crippen molar-refractivity contribution in [3.05, 3.63) is 24.3 Å². The van der Waals surface area contributed by atoms with Crippen molar-refractivity contribution in [1.82, 2.24) is 5.32 Å². The van der Waals surface area contributed by atoms with E-state index >= 15 is 0 Å². The van der Waals surface area contributed by atoms with Crippen molar-refractivity contribution < 1.29 is 14.7 Å². The Balaban J connectivity index is 2.12. The summed E-state index contributed by atoms with van der Waals surface area (Å²) in [6.45, 7) is 0. The number of thioether (sulfide) groups is 1. The second-order valence-electron chi connectivity index (χ2n) is 3.71. The van der Waals surface area contributed by atoms with Gasteiger partial charge in [0.15, 0.2) is 0 Å². The zero-order chi connectivity index (χ0) is 12.4. The highest BCUT2D eigenvalue weighted by Crippen LogP contribution is 2.21. The van der Waals surface area contributed by atoms with E-state index in [2.05, 4.69) is 5.32 Å². The summed E-state index contributed by atoms with van der Waals surface area (Å²) in [6.07, 6.45) is 0. The first-order valence-corrected chi connectivity index (χ1v) is 6.06. The highest BCUT2D eigenvalue weighted by atomic mass is 32.2. The molecule has 0 saturated carbocycles. The van der Waals surface area contributed by atoms with Gasteiger partial charge < -0.3 is 15.3 Å². The number of nitrogens with zero attached hydrogens (tertiary/aromatic N) is 1. The van der Waals surface area contributed by atoms with E-state index in [1.807, 2.05) is 0 Å². The van der Waals surface area contributed by atoms with Gasteiger partial charge >= 0.3 is 0 Å². The van der Waals surface area contributed by atoms with E-state index < -0.39 is 6.04 Å². The van der Waals surface area contributed by atoms with Gasteiger partial charge in [-0.2, -0.15) is 0 Å². The van der Waals surface area contributed by atoms with E-state index in [4.69, 9.17) is 0 Å². The topological polar surface area (TPSA) is 69.6 Å². The Labute approximate surface area is 103 Å². The number of phenolic OH excluding ortho intramolecular Hbond substituents is 1. The standard InChI is InChI=1S/C11H12N2O3S/c1-13(7-3-2-4-8(14)5-7)10(15)9-6-17-11(16)12-9/h2-5,9,14H,6H2,1H3,(H,12,16). The smallest absolute Gasteiger partial charge is 0.279 e. The molecule has 0 aromatic heterocycles. The Bertz CT molecular complexity index is 464. The fourth-order valence-corrected chi connectivity index (χ4v) is 2.35. The summed E-state index contributed by atoms with van der Waals surface area (Å²) in [6, 6.07) is 5.94. The Morgan fingerprint density at radius 3 is 2.94 bits per heavy atom. The van der Waals surface area contributed by atoms with E-state index in [0.29, 0.717) is 11.4 Å². The van der Waals surface area contributed by atoms with Crippen LogP contribution in [0.3, 0.4) is 0 Å². The zero-order valence-electron chi connectivity index (χ0n) is 9.21. The second kappa shape index (κ2) is 4.67. The molecule has 1 aromatic carbocycles. The van der Waals surface area contributed by atoms with Crippen LogP contribution in [0.1, 0.15) is 0 Å². The lowest BCUT2D eigenvalue weighted by Gasteiger charge is -2.20. The molecule has 0 radical (unpaired) electrons. The first-order valence-electron chi connectivity index (χ1n) is 5.08. The first-order chi connectivity index (χ1) is 8.08. The van der Waals surface area contributed by atoms with Gasteiger partial charge in [-0.1, -0.05) is 17.8 Å². The number of phenols is 1. The minimum absolute atomic E-state index is 0.104. The largest absolute Gasteiger partial charge is 0.508 e. The third kappa shape index (κ3) is 2.52. The number of carbonyl (C=O) groups is 2. The van der Waals surface area contributed by atoms with Crippen LogP contribution in [0.15, 0.2) is 24.3 Å². The summed E-state index contributed by atoms with van der Waals surface area (Å²) in [5, 5.41) is 11.8. The maximum absolute atomic E-state index is 12.0. The lowest BCUT2D eigenvalue weighted by atomic mass is 10.2. The van der Waals surface area contributed by atoms with Crippen LogP contribution in [-0.4, -0.2) is 35.1 Å². The van der Waals surface area contributed by atoms with E-state index in [0.717, 1.165) is 11.8 Å². The van der Waals surface area contributed by atoms with Crippen molar-refractivity contribution in [3.8, 4) is 5.75 Å². The molecule has 2 amide bonds. The van der Waals surface area contributed by atoms with Crippen LogP contribution < -0.4 is 10.2 Å². The number of likely N-dealkylation sites (N-methyl/N-ethyl adjacent to an activating group) is 1. The minimum Gasteiger partial charge on any atom is -0.508 e. The van der Waals surface area contributed by atoms with Gasteiger partial charge in [0.2, 0.25) is 5.91 Å². The van der Waals surface area contributed by atoms with Crippen LogP contribution in [0.2, 0.25) is 0 Å². The summed E-state index contributed by atoms with van der Waals surface area (Å²) in [5.74, 6) is 0.363. The van der Waals surface area contributed by atoms with E-state index in [1.54, 1.807) is 19.2 Å². The van der Waals surface area contributed by atoms with Crippen LogP contribution in [0.4, 0.5) is 10.5 Å². The molecule has 0 bridgehead atoms. The number of nitrogens with one attached hydrogen (secondary N) is 1. The fraction of sp³-hybridized carbons (Fsp3) is 0.273. The normalized spacial score (nSPS) is 18.9. The van der Waals surface area contributed by atoms with Crippen molar-refractivity contribution in [2.24, 2.45) is 0 Å². The summed E-state index contributed by atoms with van der Waals surface area (Å²) in [4.78, 5) is 24.5. The molecule has 1 heterocycles. The molecule has 1 atom stereocenters. The lowest BCUT2D eigenvalue weighted by Crippen LogP contribution is -2.43. The number of hydrogen-bond donors (Lipinski definition) is 2. The van der Waals surface area contributed by atoms with Crippen molar-refractivity contribution in [2.45, 2.75) is 6.04 Å². The Kier molecular flexibility index (Phi) is 3.23. The van der Waals surface area contributed by atoms with Gasteiger partial charge in [-0.3, -0.25) is 9.59 Å². The maximum atomic E-state index is 12.0. The van der Waals surface area contributed by atoms with Gasteiger partial charge in [0.25, 0.3) is 5.24 Å². The maximum Gasteiger partial charge on any atom is 0.279 e. The molecule has 17 heavy (non-hydrogen) atoms. The molecule has 0 aliphatic carbocycles. The van der Waals surface area contributed by atoms with Crippen LogP contribution in [0.5, 0.6) is 5.75 Å². The number of carbonyl (C=O) groups excluding carboxylic acids is 2. The van der Waals surface area contributed by atoms with Crippen LogP contribution >= 0.6 is 11.8 Å². The Morgan fingerprint density at radius 2 is 2.35 bits per heavy atom. The summed E-state index contributed by atoms with van der Waals surface area (Å²) < 4.78 is 0. The van der Waals surface area contributed by atoms with Crippen LogP contribution in [0, 0.1) is 0 Å². The third-order valence-corrected chi connectivity index (χ3v) is 3.40. The van der Waals surface area contributed by atoms with Gasteiger partial charge in [-0.15, -0.1) is 0 Å². The van der Waals surface area contributed by atoms with Gasteiger partial charge in [0.05, 0.1) is 0 Å². The molecular formula is C11H12N2O3S. The molecule has 90 valence electrons. The van der Waals surface area contributed by atoms with Gasteiger partial charge in [-0.25, -0.2) is 0 Å². The Morgan fingerprint density at radius 1 is 1.59 bits per heavy atom. The molecule has 1 aliphatic heterocycles. The zero-order valence-corrected chi connectivity index (χ0v) is 10.0. The molecular weight excluding hydrogens is 240 g/mol. The van der Waals surface area contributed by atoms with E-state index in [9.17, 15) is 14.7 Å². The molecule has 1 aliphatic rings. The van der Waals surface area contributed by atoms with Crippen molar-refractivity contribution >= 4 is 28.6 Å². The average Bonchev–Trinajstić information content (AvgIpc) is 2.74. The molecule has 2 rings (SSSR count). The number of amides is 2. The predicted molar refractivity (Wildman–Crippen MR) is 66.3 cm³/mol. The quantitative estimate of drug-likeness (QED) is 0.829. The fourth-order valence-electron chi connectivity index (χ4n) is 1.58. The van der Waals surface area contributed by atoms with Gasteiger partial charge in [-0.05, 0) is 12.1 Å². The van der Waals surface area contributed by atoms with Gasteiger partial charge in [0.1, 0.15) is 11.8 Å². The highest BCUT2D eigenvalue weighted by molar-refractivity contribution is 8.14. The Hall–Kier alpha value is -1.69.